The molecule has 0 fully saturated rings. The van der Waals surface area contributed by atoms with Crippen molar-refractivity contribution in [3.8, 4) is 0 Å². The van der Waals surface area contributed by atoms with Gasteiger partial charge in [0.05, 0.1) is 6.33 Å². The van der Waals surface area contributed by atoms with Crippen LogP contribution in [0.3, 0.4) is 0 Å². The minimum atomic E-state index is -1.40. The van der Waals surface area contributed by atoms with E-state index >= 15 is 0 Å². The summed E-state index contributed by atoms with van der Waals surface area (Å²) in [5, 5.41) is 0. The first-order chi connectivity index (χ1) is 4.34. The Morgan fingerprint density at radius 1 is 1.78 bits per heavy atom. The largest absolute Gasteiger partial charge is 0.350 e. The third-order valence-electron chi connectivity index (χ3n) is 1.00. The van der Waals surface area contributed by atoms with Gasteiger partial charge < -0.3 is 4.23 Å². The molecule has 0 aromatic carbocycles. The highest BCUT2D eigenvalue weighted by atomic mass is 35.6. The van der Waals surface area contributed by atoms with Crippen molar-refractivity contribution in [2.45, 2.75) is 0 Å². The van der Waals surface area contributed by atoms with Crippen LogP contribution < -0.4 is 0 Å². The Balaban J connectivity index is 2.76. The molecule has 0 amide bonds. The van der Waals surface area contributed by atoms with Gasteiger partial charge in [-0.3, -0.25) is 0 Å². The number of hydrogen-bond acceptors (Lipinski definition) is 1. The Morgan fingerprint density at radius 2 is 2.56 bits per heavy atom. The van der Waals surface area contributed by atoms with E-state index in [1.165, 1.54) is 0 Å². The molecular weight excluding hydrogens is 152 g/mol. The van der Waals surface area contributed by atoms with Gasteiger partial charge in [-0.1, -0.05) is 5.70 Å². The van der Waals surface area contributed by atoms with Gasteiger partial charge in [0.2, 0.25) is 0 Å². The van der Waals surface area contributed by atoms with Crippen molar-refractivity contribution in [1.29, 1.82) is 0 Å². The average molecular weight is 159 g/mol. The zero-order valence-corrected chi connectivity index (χ0v) is 6.78. The maximum Gasteiger partial charge on any atom is 0.268 e. The third-order valence-corrected chi connectivity index (χ3v) is 3.48. The predicted molar refractivity (Wildman–Crippen MR) is 40.8 cm³/mol. The molecule has 48 valence electrons. The summed E-state index contributed by atoms with van der Waals surface area (Å²) in [7, 11) is -1.40. The van der Waals surface area contributed by atoms with Gasteiger partial charge in [0.25, 0.3) is 8.27 Å². The van der Waals surface area contributed by atoms with E-state index in [9.17, 15) is 0 Å². The van der Waals surface area contributed by atoms with Gasteiger partial charge in [-0.25, -0.2) is 4.98 Å². The molecule has 0 saturated carbocycles. The molecule has 4 heteroatoms. The van der Waals surface area contributed by atoms with Gasteiger partial charge in [-0.15, -0.1) is 17.7 Å². The molecule has 0 N–H and O–H groups in total. The summed E-state index contributed by atoms with van der Waals surface area (Å²) in [6.07, 6.45) is 5.28. The predicted octanol–water partition coefficient (Wildman–Crippen LogP) is 0.916. The lowest BCUT2D eigenvalue weighted by molar-refractivity contribution is 1.19. The zero-order chi connectivity index (χ0) is 6.69. The Labute approximate surface area is 60.2 Å². The topological polar surface area (TPSA) is 17.8 Å². The van der Waals surface area contributed by atoms with Gasteiger partial charge in [0, 0.05) is 12.4 Å². The molecule has 0 spiro atoms. The molecular formula is C5H7ClN2Si. The van der Waals surface area contributed by atoms with Crippen LogP contribution >= 0.6 is 11.1 Å². The minimum absolute atomic E-state index is 1.40. The summed E-state index contributed by atoms with van der Waals surface area (Å²) < 4.78 is 1.90. The number of halogens is 1. The second kappa shape index (κ2) is 2.84. The van der Waals surface area contributed by atoms with Crippen molar-refractivity contribution in [2.75, 3.05) is 0 Å². The fourth-order valence-corrected chi connectivity index (χ4v) is 1.57. The molecule has 1 rings (SSSR count). The Hall–Kier alpha value is -0.543. The smallest absolute Gasteiger partial charge is 0.268 e. The summed E-state index contributed by atoms with van der Waals surface area (Å²) in [6.45, 7) is 3.60. The number of imidazole rings is 1. The lowest BCUT2D eigenvalue weighted by atomic mass is 11.0. The first kappa shape index (κ1) is 6.58. The van der Waals surface area contributed by atoms with Crippen molar-refractivity contribution >= 4 is 19.3 Å². The molecule has 1 unspecified atom stereocenters. The second-order valence-corrected chi connectivity index (χ2v) is 4.77. The summed E-state index contributed by atoms with van der Waals surface area (Å²) >= 11 is 5.88. The molecule has 0 saturated heterocycles. The van der Waals surface area contributed by atoms with Crippen molar-refractivity contribution in [3.05, 3.63) is 31.0 Å². The molecule has 1 heterocycles. The SMILES string of the molecule is C=C[SiH](Cl)n1ccnc1. The van der Waals surface area contributed by atoms with Crippen molar-refractivity contribution in [2.24, 2.45) is 0 Å². The van der Waals surface area contributed by atoms with Gasteiger partial charge in [-0.05, 0) is 0 Å². The van der Waals surface area contributed by atoms with Crippen molar-refractivity contribution in [3.63, 3.8) is 0 Å². The molecule has 0 radical (unpaired) electrons. The highest BCUT2D eigenvalue weighted by Crippen LogP contribution is 1.94. The lowest BCUT2D eigenvalue weighted by Gasteiger charge is -1.99. The molecule has 2 nitrogen and oxygen atoms in total. The highest BCUT2D eigenvalue weighted by Gasteiger charge is 2.00. The van der Waals surface area contributed by atoms with E-state index in [0.29, 0.717) is 0 Å². The monoisotopic (exact) mass is 158 g/mol. The summed E-state index contributed by atoms with van der Waals surface area (Å²) in [5.74, 6) is 0. The quantitative estimate of drug-likeness (QED) is 0.462. The van der Waals surface area contributed by atoms with E-state index < -0.39 is 8.27 Å². The highest BCUT2D eigenvalue weighted by molar-refractivity contribution is 7.08. The zero-order valence-electron chi connectivity index (χ0n) is 4.87. The van der Waals surface area contributed by atoms with Crippen LogP contribution in [0, 0.1) is 0 Å². The Morgan fingerprint density at radius 3 is 3.00 bits per heavy atom. The van der Waals surface area contributed by atoms with Crippen LogP contribution in [0.25, 0.3) is 0 Å². The molecule has 9 heavy (non-hydrogen) atoms. The van der Waals surface area contributed by atoms with Crippen LogP contribution in [0.1, 0.15) is 0 Å². The normalized spacial score (nSPS) is 13.0. The molecule has 1 aromatic rings. The van der Waals surface area contributed by atoms with Crippen LogP contribution in [-0.4, -0.2) is 17.5 Å². The molecule has 1 aromatic heterocycles. The summed E-state index contributed by atoms with van der Waals surface area (Å²) in [5.41, 5.74) is 1.78. The summed E-state index contributed by atoms with van der Waals surface area (Å²) in [6, 6.07) is 0. The van der Waals surface area contributed by atoms with Gasteiger partial charge in [0.15, 0.2) is 0 Å². The standard InChI is InChI=1S/C5H7ClN2Si/c1-2-9(6)8-4-3-7-5-8/h2-5,9H,1H2. The first-order valence-electron chi connectivity index (χ1n) is 2.58. The van der Waals surface area contributed by atoms with Crippen molar-refractivity contribution in [1.82, 2.24) is 9.22 Å². The van der Waals surface area contributed by atoms with E-state index in [1.54, 1.807) is 18.2 Å². The first-order valence-corrected chi connectivity index (χ1v) is 5.51. The molecule has 0 aliphatic heterocycles. The average Bonchev–Trinajstić information content (AvgIpc) is 2.37. The number of aromatic nitrogens is 2. The Bertz CT molecular complexity index is 185. The van der Waals surface area contributed by atoms with E-state index in [4.69, 9.17) is 11.1 Å². The van der Waals surface area contributed by atoms with E-state index in [2.05, 4.69) is 11.6 Å². The van der Waals surface area contributed by atoms with Gasteiger partial charge in [0.1, 0.15) is 0 Å². The molecule has 0 aliphatic carbocycles. The molecule has 0 bridgehead atoms. The summed E-state index contributed by atoms with van der Waals surface area (Å²) in [4.78, 5) is 3.86. The van der Waals surface area contributed by atoms with Crippen LogP contribution in [0.2, 0.25) is 0 Å². The lowest BCUT2D eigenvalue weighted by Crippen LogP contribution is -2.11. The van der Waals surface area contributed by atoms with Crippen LogP contribution in [-0.2, 0) is 0 Å². The van der Waals surface area contributed by atoms with Crippen LogP contribution in [0.5, 0.6) is 0 Å². The maximum atomic E-state index is 5.88. The van der Waals surface area contributed by atoms with Gasteiger partial charge in [-0.2, -0.15) is 0 Å². The third kappa shape index (κ3) is 1.43. The number of rotatable bonds is 2. The minimum Gasteiger partial charge on any atom is -0.350 e. The fourth-order valence-electron chi connectivity index (χ4n) is 0.537. The van der Waals surface area contributed by atoms with E-state index in [0.717, 1.165) is 0 Å². The van der Waals surface area contributed by atoms with Crippen LogP contribution in [0.4, 0.5) is 0 Å². The number of hydrogen-bond donors (Lipinski definition) is 0. The maximum absolute atomic E-state index is 5.88. The fraction of sp³-hybridized carbons (Fsp3) is 0. The van der Waals surface area contributed by atoms with E-state index in [-0.39, 0.29) is 0 Å². The molecule has 0 aliphatic rings. The molecule has 1 atom stereocenters. The van der Waals surface area contributed by atoms with E-state index in [1.807, 2.05) is 10.4 Å². The van der Waals surface area contributed by atoms with Crippen molar-refractivity contribution < 1.29 is 0 Å². The van der Waals surface area contributed by atoms with Crippen LogP contribution in [0.15, 0.2) is 31.0 Å². The number of nitrogens with zero attached hydrogens (tertiary/aromatic N) is 2. The Kier molecular flexibility index (Phi) is 2.08. The second-order valence-electron chi connectivity index (χ2n) is 1.62. The van der Waals surface area contributed by atoms with Gasteiger partial charge >= 0.3 is 0 Å².